The monoisotopic (exact) mass is 314 g/mol. The summed E-state index contributed by atoms with van der Waals surface area (Å²) in [6.45, 7) is 0. The number of nitriles is 1. The number of benzene rings is 2. The number of aromatic nitrogens is 1. The van der Waals surface area contributed by atoms with E-state index < -0.39 is 0 Å². The number of fused-ring (bicyclic) bond motifs is 1. The van der Waals surface area contributed by atoms with E-state index in [1.54, 1.807) is 0 Å². The molecule has 1 heterocycles. The van der Waals surface area contributed by atoms with Crippen LogP contribution >= 0.6 is 0 Å². The smallest absolute Gasteiger partial charge is 0.127 e. The third-order valence-corrected chi connectivity index (χ3v) is 4.49. The summed E-state index contributed by atoms with van der Waals surface area (Å²) >= 11 is 0. The number of hydrogen-bond acceptors (Lipinski definition) is 2. The highest BCUT2D eigenvalue weighted by Crippen LogP contribution is 2.29. The Labute approximate surface area is 141 Å². The predicted octanol–water partition coefficient (Wildman–Crippen LogP) is 5.02. The third-order valence-electron chi connectivity index (χ3n) is 4.49. The molecule has 0 aliphatic heterocycles. The van der Waals surface area contributed by atoms with Crippen LogP contribution in [0.2, 0.25) is 0 Å². The Bertz CT molecular complexity index is 886. The van der Waals surface area contributed by atoms with Crippen molar-refractivity contribution in [2.24, 2.45) is 0 Å². The Morgan fingerprint density at radius 1 is 0.875 bits per heavy atom. The lowest BCUT2D eigenvalue weighted by Gasteiger charge is -2.16. The molecule has 0 bridgehead atoms. The lowest BCUT2D eigenvalue weighted by Crippen LogP contribution is -2.07. The summed E-state index contributed by atoms with van der Waals surface area (Å²) in [5.41, 5.74) is 4.35. The molecule has 3 nitrogen and oxygen atoms in total. The van der Waals surface area contributed by atoms with Crippen molar-refractivity contribution < 1.29 is 4.74 Å². The van der Waals surface area contributed by atoms with Gasteiger partial charge in [-0.3, -0.25) is 0 Å². The Kier molecular flexibility index (Phi) is 3.80. The summed E-state index contributed by atoms with van der Waals surface area (Å²) in [6.07, 6.45) is 4.52. The van der Waals surface area contributed by atoms with Gasteiger partial charge in [0, 0.05) is 11.4 Å². The minimum atomic E-state index is 0.721. The van der Waals surface area contributed by atoms with Crippen LogP contribution in [0.25, 0.3) is 5.69 Å². The van der Waals surface area contributed by atoms with Crippen LogP contribution in [0.1, 0.15) is 29.8 Å². The van der Waals surface area contributed by atoms with Crippen molar-refractivity contribution in [1.82, 2.24) is 4.57 Å². The number of aryl methyl sites for hydroxylation is 1. The largest absolute Gasteiger partial charge is 0.457 e. The first kappa shape index (κ1) is 14.6. The van der Waals surface area contributed by atoms with Crippen LogP contribution in [0.4, 0.5) is 0 Å². The molecule has 0 radical (unpaired) electrons. The molecule has 118 valence electrons. The van der Waals surface area contributed by atoms with Crippen LogP contribution in [0.3, 0.4) is 0 Å². The first-order valence-corrected chi connectivity index (χ1v) is 8.32. The zero-order valence-electron chi connectivity index (χ0n) is 13.4. The highest BCUT2D eigenvalue weighted by atomic mass is 16.5. The van der Waals surface area contributed by atoms with E-state index in [0.29, 0.717) is 0 Å². The van der Waals surface area contributed by atoms with Gasteiger partial charge in [0.1, 0.15) is 23.3 Å². The normalized spacial score (nSPS) is 13.1. The number of rotatable bonds is 3. The molecule has 4 rings (SSSR count). The minimum Gasteiger partial charge on any atom is -0.457 e. The summed E-state index contributed by atoms with van der Waals surface area (Å²) in [5.74, 6) is 1.62. The van der Waals surface area contributed by atoms with Gasteiger partial charge in [0.25, 0.3) is 0 Å². The van der Waals surface area contributed by atoms with Gasteiger partial charge in [-0.05, 0) is 73.7 Å². The van der Waals surface area contributed by atoms with Crippen LogP contribution in [0.5, 0.6) is 11.5 Å². The quantitative estimate of drug-likeness (QED) is 0.680. The van der Waals surface area contributed by atoms with E-state index in [2.05, 4.69) is 10.6 Å². The van der Waals surface area contributed by atoms with Crippen molar-refractivity contribution in [2.75, 3.05) is 0 Å². The van der Waals surface area contributed by atoms with E-state index in [0.717, 1.165) is 35.7 Å². The van der Waals surface area contributed by atoms with E-state index in [1.165, 1.54) is 24.1 Å². The molecular weight excluding hydrogens is 296 g/mol. The molecule has 2 aromatic carbocycles. The highest BCUT2D eigenvalue weighted by molar-refractivity contribution is 5.48. The number of para-hydroxylation sites is 1. The zero-order chi connectivity index (χ0) is 16.4. The molecule has 24 heavy (non-hydrogen) atoms. The molecule has 0 saturated carbocycles. The van der Waals surface area contributed by atoms with E-state index in [4.69, 9.17) is 4.74 Å². The van der Waals surface area contributed by atoms with E-state index in [9.17, 15) is 5.26 Å². The number of hydrogen-bond donors (Lipinski definition) is 0. The van der Waals surface area contributed by atoms with Gasteiger partial charge >= 0.3 is 0 Å². The van der Waals surface area contributed by atoms with Crippen molar-refractivity contribution in [3.63, 3.8) is 0 Å². The second-order valence-electron chi connectivity index (χ2n) is 6.06. The summed E-state index contributed by atoms with van der Waals surface area (Å²) in [5, 5.41) is 9.48. The topological polar surface area (TPSA) is 38.0 Å². The fourth-order valence-electron chi connectivity index (χ4n) is 3.36. The second-order valence-corrected chi connectivity index (χ2v) is 6.06. The molecule has 3 heteroatoms. The summed E-state index contributed by atoms with van der Waals surface area (Å²) in [7, 11) is 0. The second kappa shape index (κ2) is 6.25. The van der Waals surface area contributed by atoms with E-state index in [1.807, 2.05) is 60.7 Å². The van der Waals surface area contributed by atoms with Gasteiger partial charge in [0.2, 0.25) is 0 Å². The average molecular weight is 314 g/mol. The molecule has 0 atom stereocenters. The number of ether oxygens (including phenoxy) is 1. The van der Waals surface area contributed by atoms with Crippen molar-refractivity contribution in [1.29, 1.82) is 5.26 Å². The molecule has 1 aromatic heterocycles. The van der Waals surface area contributed by atoms with Crippen LogP contribution in [0, 0.1) is 11.3 Å². The van der Waals surface area contributed by atoms with Gasteiger partial charge in [-0.15, -0.1) is 0 Å². The fourth-order valence-corrected chi connectivity index (χ4v) is 3.36. The Morgan fingerprint density at radius 3 is 2.33 bits per heavy atom. The standard InChI is InChI=1S/C21H18N2O/c22-15-18-14-16-6-4-5-9-21(16)23(18)17-10-12-20(13-11-17)24-19-7-2-1-3-8-19/h1-3,7-8,10-14H,4-6,9H2. The highest BCUT2D eigenvalue weighted by Gasteiger charge is 2.19. The maximum Gasteiger partial charge on any atom is 0.127 e. The Balaban J connectivity index is 1.66. The van der Waals surface area contributed by atoms with E-state index >= 15 is 0 Å². The Hall–Kier alpha value is -2.99. The molecule has 1 aliphatic rings. The first-order chi connectivity index (χ1) is 11.8. The predicted molar refractivity (Wildman–Crippen MR) is 93.6 cm³/mol. The molecule has 0 amide bonds. The van der Waals surface area contributed by atoms with Crippen LogP contribution in [-0.4, -0.2) is 4.57 Å². The van der Waals surface area contributed by atoms with Gasteiger partial charge in [-0.2, -0.15) is 5.26 Å². The van der Waals surface area contributed by atoms with Crippen molar-refractivity contribution in [3.05, 3.63) is 77.6 Å². The fraction of sp³-hybridized carbons (Fsp3) is 0.190. The molecule has 0 N–H and O–H groups in total. The van der Waals surface area contributed by atoms with Gasteiger partial charge in [0.15, 0.2) is 0 Å². The zero-order valence-corrected chi connectivity index (χ0v) is 13.4. The van der Waals surface area contributed by atoms with Crippen LogP contribution in [-0.2, 0) is 12.8 Å². The summed E-state index contributed by atoms with van der Waals surface area (Å²) in [4.78, 5) is 0. The average Bonchev–Trinajstić information content (AvgIpc) is 3.02. The van der Waals surface area contributed by atoms with Gasteiger partial charge in [-0.25, -0.2) is 0 Å². The molecule has 1 aliphatic carbocycles. The lowest BCUT2D eigenvalue weighted by molar-refractivity contribution is 0.482. The molecule has 0 spiro atoms. The van der Waals surface area contributed by atoms with Crippen LogP contribution < -0.4 is 4.74 Å². The molecule has 0 saturated heterocycles. The number of nitrogens with zero attached hydrogens (tertiary/aromatic N) is 2. The van der Waals surface area contributed by atoms with E-state index in [-0.39, 0.29) is 0 Å². The molecule has 3 aromatic rings. The van der Waals surface area contributed by atoms with Crippen molar-refractivity contribution >= 4 is 0 Å². The SMILES string of the molecule is N#Cc1cc2c(n1-c1ccc(Oc3ccccc3)cc1)CCCC2. The summed E-state index contributed by atoms with van der Waals surface area (Å²) < 4.78 is 7.94. The van der Waals surface area contributed by atoms with Crippen molar-refractivity contribution in [2.45, 2.75) is 25.7 Å². The summed E-state index contributed by atoms with van der Waals surface area (Å²) in [6, 6.07) is 22.1. The molecule has 0 unspecified atom stereocenters. The van der Waals surface area contributed by atoms with Gasteiger partial charge in [0.05, 0.1) is 0 Å². The van der Waals surface area contributed by atoms with Gasteiger partial charge < -0.3 is 9.30 Å². The molecular formula is C21H18N2O. The maximum atomic E-state index is 9.48. The van der Waals surface area contributed by atoms with Crippen LogP contribution in [0.15, 0.2) is 60.7 Å². The lowest BCUT2D eigenvalue weighted by atomic mass is 9.98. The molecule has 0 fully saturated rings. The first-order valence-electron chi connectivity index (χ1n) is 8.32. The van der Waals surface area contributed by atoms with Crippen molar-refractivity contribution in [3.8, 4) is 23.3 Å². The van der Waals surface area contributed by atoms with Gasteiger partial charge in [-0.1, -0.05) is 18.2 Å². The minimum absolute atomic E-state index is 0.721. The Morgan fingerprint density at radius 2 is 1.58 bits per heavy atom. The third kappa shape index (κ3) is 2.68. The maximum absolute atomic E-state index is 9.48.